The van der Waals surface area contributed by atoms with Crippen LogP contribution in [0.3, 0.4) is 0 Å². The number of anilines is 1. The van der Waals surface area contributed by atoms with E-state index >= 15 is 0 Å². The standard InChI is InChI=1S/C20H23N3O/c24-20(21-19-9-5-2-6-10-19)23-14-17-12-22(13-18(17)15-23)11-16-7-3-1-4-8-16/h1-10,17-18H,11-15H2,(H,21,24). The van der Waals surface area contributed by atoms with Crippen LogP contribution in [0.2, 0.25) is 0 Å². The van der Waals surface area contributed by atoms with Gasteiger partial charge in [-0.15, -0.1) is 0 Å². The van der Waals surface area contributed by atoms with E-state index in [1.165, 1.54) is 5.56 Å². The van der Waals surface area contributed by atoms with E-state index in [0.717, 1.165) is 38.4 Å². The van der Waals surface area contributed by atoms with Crippen molar-refractivity contribution < 1.29 is 4.79 Å². The minimum Gasteiger partial charge on any atom is -0.324 e. The van der Waals surface area contributed by atoms with Gasteiger partial charge in [-0.3, -0.25) is 4.90 Å². The van der Waals surface area contributed by atoms with Crippen LogP contribution < -0.4 is 5.32 Å². The highest BCUT2D eigenvalue weighted by molar-refractivity contribution is 5.89. The summed E-state index contributed by atoms with van der Waals surface area (Å²) < 4.78 is 0. The zero-order valence-electron chi connectivity index (χ0n) is 13.8. The number of carbonyl (C=O) groups excluding carboxylic acids is 1. The van der Waals surface area contributed by atoms with Crippen LogP contribution in [0.1, 0.15) is 5.56 Å². The van der Waals surface area contributed by atoms with Gasteiger partial charge < -0.3 is 10.2 Å². The van der Waals surface area contributed by atoms with Gasteiger partial charge in [0.05, 0.1) is 0 Å². The number of hydrogen-bond acceptors (Lipinski definition) is 2. The largest absolute Gasteiger partial charge is 0.324 e. The van der Waals surface area contributed by atoms with Crippen LogP contribution in [0, 0.1) is 11.8 Å². The molecule has 4 rings (SSSR count). The molecule has 4 heteroatoms. The molecule has 2 aromatic carbocycles. The van der Waals surface area contributed by atoms with Gasteiger partial charge in [0.25, 0.3) is 0 Å². The Hall–Kier alpha value is -2.33. The van der Waals surface area contributed by atoms with Crippen molar-refractivity contribution >= 4 is 11.7 Å². The van der Waals surface area contributed by atoms with Gasteiger partial charge in [0.15, 0.2) is 0 Å². The molecular weight excluding hydrogens is 298 g/mol. The van der Waals surface area contributed by atoms with Crippen LogP contribution in [0.5, 0.6) is 0 Å². The molecule has 0 spiro atoms. The number of fused-ring (bicyclic) bond motifs is 1. The third kappa shape index (κ3) is 3.29. The molecule has 0 radical (unpaired) electrons. The molecule has 0 aromatic heterocycles. The number of amides is 2. The number of benzene rings is 2. The Morgan fingerprint density at radius 1 is 0.875 bits per heavy atom. The molecule has 2 amide bonds. The smallest absolute Gasteiger partial charge is 0.321 e. The summed E-state index contributed by atoms with van der Waals surface area (Å²) in [5.41, 5.74) is 2.24. The second kappa shape index (κ2) is 6.65. The highest BCUT2D eigenvalue weighted by atomic mass is 16.2. The monoisotopic (exact) mass is 321 g/mol. The Bertz CT molecular complexity index is 675. The average Bonchev–Trinajstić information content (AvgIpc) is 3.15. The van der Waals surface area contributed by atoms with Crippen LogP contribution in [-0.2, 0) is 6.54 Å². The molecule has 2 unspecified atom stereocenters. The second-order valence-electron chi connectivity index (χ2n) is 6.90. The summed E-state index contributed by atoms with van der Waals surface area (Å²) in [4.78, 5) is 16.9. The van der Waals surface area contributed by atoms with Crippen molar-refractivity contribution in [1.29, 1.82) is 0 Å². The summed E-state index contributed by atoms with van der Waals surface area (Å²) >= 11 is 0. The van der Waals surface area contributed by atoms with Crippen molar-refractivity contribution in [3.8, 4) is 0 Å². The lowest BCUT2D eigenvalue weighted by molar-refractivity contribution is 0.212. The normalized spacial score (nSPS) is 23.2. The number of urea groups is 1. The molecule has 0 saturated carbocycles. The van der Waals surface area contributed by atoms with Crippen molar-refractivity contribution in [2.75, 3.05) is 31.5 Å². The van der Waals surface area contributed by atoms with Crippen LogP contribution in [0.4, 0.5) is 10.5 Å². The predicted molar refractivity (Wildman–Crippen MR) is 95.7 cm³/mol. The summed E-state index contributed by atoms with van der Waals surface area (Å²) in [6.07, 6.45) is 0. The summed E-state index contributed by atoms with van der Waals surface area (Å²) in [5, 5.41) is 3.00. The molecule has 2 fully saturated rings. The third-order valence-corrected chi connectivity index (χ3v) is 5.12. The molecule has 2 aromatic rings. The molecule has 0 bridgehead atoms. The SMILES string of the molecule is O=C(Nc1ccccc1)N1CC2CN(Cc3ccccc3)CC2C1. The predicted octanol–water partition coefficient (Wildman–Crippen LogP) is 3.28. The van der Waals surface area contributed by atoms with Gasteiger partial charge >= 0.3 is 6.03 Å². The van der Waals surface area contributed by atoms with Crippen molar-refractivity contribution in [3.63, 3.8) is 0 Å². The van der Waals surface area contributed by atoms with Crippen molar-refractivity contribution in [1.82, 2.24) is 9.80 Å². The second-order valence-corrected chi connectivity index (χ2v) is 6.90. The van der Waals surface area contributed by atoms with E-state index in [0.29, 0.717) is 11.8 Å². The average molecular weight is 321 g/mol. The number of rotatable bonds is 3. The molecule has 2 aliphatic rings. The number of hydrogen-bond donors (Lipinski definition) is 1. The molecule has 2 saturated heterocycles. The lowest BCUT2D eigenvalue weighted by Crippen LogP contribution is -2.36. The van der Waals surface area contributed by atoms with Gasteiger partial charge in [0.1, 0.15) is 0 Å². The van der Waals surface area contributed by atoms with Crippen LogP contribution in [0.15, 0.2) is 60.7 Å². The Kier molecular flexibility index (Phi) is 4.22. The van der Waals surface area contributed by atoms with E-state index < -0.39 is 0 Å². The zero-order chi connectivity index (χ0) is 16.4. The van der Waals surface area contributed by atoms with Crippen molar-refractivity contribution in [2.45, 2.75) is 6.54 Å². The quantitative estimate of drug-likeness (QED) is 0.941. The first kappa shape index (κ1) is 15.2. The molecule has 2 aliphatic heterocycles. The Labute approximate surface area is 143 Å². The Balaban J connectivity index is 1.30. The Morgan fingerprint density at radius 3 is 2.08 bits per heavy atom. The summed E-state index contributed by atoms with van der Waals surface area (Å²) in [6, 6.07) is 20.4. The minimum absolute atomic E-state index is 0.0326. The van der Waals surface area contributed by atoms with Crippen molar-refractivity contribution in [3.05, 3.63) is 66.2 Å². The lowest BCUT2D eigenvalue weighted by atomic mass is 10.0. The van der Waals surface area contributed by atoms with Gasteiger partial charge in [-0.2, -0.15) is 0 Å². The summed E-state index contributed by atoms with van der Waals surface area (Å²) in [5.74, 6) is 1.21. The fraction of sp³-hybridized carbons (Fsp3) is 0.350. The summed E-state index contributed by atoms with van der Waals surface area (Å²) in [6.45, 7) is 4.94. The molecule has 1 N–H and O–H groups in total. The summed E-state index contributed by atoms with van der Waals surface area (Å²) in [7, 11) is 0. The number of nitrogens with zero attached hydrogens (tertiary/aromatic N) is 2. The van der Waals surface area contributed by atoms with E-state index in [-0.39, 0.29) is 6.03 Å². The molecule has 2 atom stereocenters. The molecule has 0 aliphatic carbocycles. The van der Waals surface area contributed by atoms with E-state index in [2.05, 4.69) is 40.5 Å². The fourth-order valence-corrected chi connectivity index (χ4v) is 3.95. The molecule has 4 nitrogen and oxygen atoms in total. The highest BCUT2D eigenvalue weighted by Crippen LogP contribution is 2.32. The number of para-hydroxylation sites is 1. The maximum atomic E-state index is 12.4. The number of carbonyl (C=O) groups is 1. The van der Waals surface area contributed by atoms with Crippen LogP contribution in [-0.4, -0.2) is 42.0 Å². The van der Waals surface area contributed by atoms with Crippen LogP contribution >= 0.6 is 0 Å². The fourth-order valence-electron chi connectivity index (χ4n) is 3.95. The Morgan fingerprint density at radius 2 is 1.46 bits per heavy atom. The first-order valence-electron chi connectivity index (χ1n) is 8.65. The van der Waals surface area contributed by atoms with E-state index in [1.807, 2.05) is 35.2 Å². The molecule has 24 heavy (non-hydrogen) atoms. The van der Waals surface area contributed by atoms with Crippen molar-refractivity contribution in [2.24, 2.45) is 11.8 Å². The zero-order valence-corrected chi connectivity index (χ0v) is 13.8. The first-order chi connectivity index (χ1) is 11.8. The first-order valence-corrected chi connectivity index (χ1v) is 8.65. The van der Waals surface area contributed by atoms with Gasteiger partial charge in [-0.05, 0) is 29.5 Å². The van der Waals surface area contributed by atoms with E-state index in [1.54, 1.807) is 0 Å². The van der Waals surface area contributed by atoms with Gasteiger partial charge in [-0.1, -0.05) is 48.5 Å². The van der Waals surface area contributed by atoms with Gasteiger partial charge in [0, 0.05) is 38.4 Å². The third-order valence-electron chi connectivity index (χ3n) is 5.12. The molecular formula is C20H23N3O. The van der Waals surface area contributed by atoms with E-state index in [9.17, 15) is 4.79 Å². The number of nitrogens with one attached hydrogen (secondary N) is 1. The number of likely N-dealkylation sites (tertiary alicyclic amines) is 2. The molecule has 124 valence electrons. The van der Waals surface area contributed by atoms with E-state index in [4.69, 9.17) is 0 Å². The maximum Gasteiger partial charge on any atom is 0.321 e. The topological polar surface area (TPSA) is 35.6 Å². The maximum absolute atomic E-state index is 12.4. The van der Waals surface area contributed by atoms with Gasteiger partial charge in [-0.25, -0.2) is 4.79 Å². The molecule has 2 heterocycles. The van der Waals surface area contributed by atoms with Crippen LogP contribution in [0.25, 0.3) is 0 Å². The van der Waals surface area contributed by atoms with Gasteiger partial charge in [0.2, 0.25) is 0 Å². The lowest BCUT2D eigenvalue weighted by Gasteiger charge is -2.22. The highest BCUT2D eigenvalue weighted by Gasteiger charge is 2.41. The minimum atomic E-state index is 0.0326.